The molecule has 1 N–H and O–H groups in total. The molecule has 0 saturated carbocycles. The van der Waals surface area contributed by atoms with Gasteiger partial charge in [0.15, 0.2) is 12.7 Å². The van der Waals surface area contributed by atoms with Crippen LogP contribution in [0.15, 0.2) is 48.5 Å². The Labute approximate surface area is 145 Å². The van der Waals surface area contributed by atoms with Gasteiger partial charge in [0.25, 0.3) is 5.91 Å². The molecule has 2 aromatic rings. The van der Waals surface area contributed by atoms with Crippen molar-refractivity contribution in [2.45, 2.75) is 20.0 Å². The summed E-state index contributed by atoms with van der Waals surface area (Å²) in [6, 6.07) is 14.1. The molecule has 0 fully saturated rings. The molecule has 0 unspecified atom stereocenters. The fourth-order valence-corrected chi connectivity index (χ4v) is 2.13. The highest BCUT2D eigenvalue weighted by atomic mass is 35.5. The Balaban J connectivity index is 1.81. The van der Waals surface area contributed by atoms with E-state index in [4.69, 9.17) is 21.1 Å². The highest BCUT2D eigenvalue weighted by molar-refractivity contribution is 6.33. The first-order valence-corrected chi connectivity index (χ1v) is 7.78. The van der Waals surface area contributed by atoms with Gasteiger partial charge in [-0.05, 0) is 43.7 Å². The van der Waals surface area contributed by atoms with Gasteiger partial charge in [-0.25, -0.2) is 4.79 Å². The van der Waals surface area contributed by atoms with E-state index in [-0.39, 0.29) is 0 Å². The normalized spacial score (nSPS) is 11.5. The number of carbonyl (C=O) groups excluding carboxylic acids is 2. The summed E-state index contributed by atoms with van der Waals surface area (Å²) in [5.41, 5.74) is 1.48. The topological polar surface area (TPSA) is 64.6 Å². The maximum Gasteiger partial charge on any atom is 0.347 e. The third-order valence-electron chi connectivity index (χ3n) is 3.13. The number of aryl methyl sites for hydroxylation is 1. The molecule has 5 nitrogen and oxygen atoms in total. The molecule has 0 spiro atoms. The summed E-state index contributed by atoms with van der Waals surface area (Å²) in [7, 11) is 0. The number of esters is 1. The number of nitrogens with one attached hydrogen (secondary N) is 1. The second kappa shape index (κ2) is 8.36. The summed E-state index contributed by atoms with van der Waals surface area (Å²) in [5, 5.41) is 2.98. The van der Waals surface area contributed by atoms with E-state index in [1.807, 2.05) is 25.1 Å². The molecule has 24 heavy (non-hydrogen) atoms. The Morgan fingerprint density at radius 3 is 2.62 bits per heavy atom. The molecule has 0 bridgehead atoms. The molecular formula is C18H18ClNO4. The average molecular weight is 348 g/mol. The predicted octanol–water partition coefficient (Wildman–Crippen LogP) is 3.60. The number of anilines is 1. The largest absolute Gasteiger partial charge is 0.479 e. The predicted molar refractivity (Wildman–Crippen MR) is 92.3 cm³/mol. The maximum absolute atomic E-state index is 11.9. The van der Waals surface area contributed by atoms with Crippen LogP contribution in [-0.2, 0) is 14.3 Å². The van der Waals surface area contributed by atoms with E-state index in [9.17, 15) is 9.59 Å². The third kappa shape index (κ3) is 5.28. The van der Waals surface area contributed by atoms with Crippen LogP contribution < -0.4 is 10.1 Å². The number of para-hydroxylation sites is 1. The van der Waals surface area contributed by atoms with Crippen molar-refractivity contribution in [1.29, 1.82) is 0 Å². The first kappa shape index (κ1) is 17.8. The number of halogens is 1. The van der Waals surface area contributed by atoms with Gasteiger partial charge in [-0.15, -0.1) is 0 Å². The molecule has 1 atom stereocenters. The van der Waals surface area contributed by atoms with Crippen LogP contribution in [0.4, 0.5) is 5.69 Å². The minimum Gasteiger partial charge on any atom is -0.479 e. The van der Waals surface area contributed by atoms with Gasteiger partial charge >= 0.3 is 5.97 Å². The number of benzene rings is 2. The summed E-state index contributed by atoms with van der Waals surface area (Å²) in [5.74, 6) is -0.523. The minimum atomic E-state index is -0.820. The van der Waals surface area contributed by atoms with Gasteiger partial charge in [0.05, 0.1) is 10.7 Å². The van der Waals surface area contributed by atoms with Gasteiger partial charge in [-0.3, -0.25) is 4.79 Å². The Morgan fingerprint density at radius 2 is 1.92 bits per heavy atom. The Hall–Kier alpha value is -2.53. The standard InChI is InChI=1S/C18H18ClNO4/c1-12-6-5-7-14(10-12)24-13(2)18(22)23-11-17(21)20-16-9-4-3-8-15(16)19/h3-10,13H,11H2,1-2H3,(H,20,21)/t13-/m1/s1. The number of hydrogen-bond acceptors (Lipinski definition) is 4. The van der Waals surface area contributed by atoms with Crippen LogP contribution in [0.1, 0.15) is 12.5 Å². The van der Waals surface area contributed by atoms with Gasteiger partial charge in [0.1, 0.15) is 5.75 Å². The number of amides is 1. The molecule has 0 radical (unpaired) electrons. The van der Waals surface area contributed by atoms with Crippen molar-refractivity contribution in [3.63, 3.8) is 0 Å². The van der Waals surface area contributed by atoms with E-state index in [1.165, 1.54) is 0 Å². The van der Waals surface area contributed by atoms with Crippen LogP contribution in [0.2, 0.25) is 5.02 Å². The van der Waals surface area contributed by atoms with E-state index in [1.54, 1.807) is 37.3 Å². The number of ether oxygens (including phenoxy) is 2. The molecule has 2 rings (SSSR count). The van der Waals surface area contributed by atoms with Crippen LogP contribution in [0.5, 0.6) is 5.75 Å². The summed E-state index contributed by atoms with van der Waals surface area (Å²) in [4.78, 5) is 23.7. The molecule has 0 aliphatic rings. The molecule has 0 saturated heterocycles. The number of carbonyl (C=O) groups is 2. The zero-order chi connectivity index (χ0) is 17.5. The van der Waals surface area contributed by atoms with Gasteiger partial charge in [0.2, 0.25) is 0 Å². The summed E-state index contributed by atoms with van der Waals surface area (Å²) in [6.45, 7) is 3.08. The Kier molecular flexibility index (Phi) is 6.21. The number of rotatable bonds is 6. The van der Waals surface area contributed by atoms with Crippen LogP contribution >= 0.6 is 11.6 Å². The third-order valence-corrected chi connectivity index (χ3v) is 3.46. The SMILES string of the molecule is Cc1cccc(O[C@H](C)C(=O)OCC(=O)Nc2ccccc2Cl)c1. The fourth-order valence-electron chi connectivity index (χ4n) is 1.94. The van der Waals surface area contributed by atoms with Gasteiger partial charge in [-0.2, -0.15) is 0 Å². The molecule has 1 amide bonds. The smallest absolute Gasteiger partial charge is 0.347 e. The van der Waals surface area contributed by atoms with E-state index >= 15 is 0 Å². The molecule has 2 aromatic carbocycles. The maximum atomic E-state index is 11.9. The molecule has 126 valence electrons. The summed E-state index contributed by atoms with van der Waals surface area (Å²) < 4.78 is 10.5. The molecule has 0 aromatic heterocycles. The highest BCUT2D eigenvalue weighted by Crippen LogP contribution is 2.20. The van der Waals surface area contributed by atoms with Crippen molar-refractivity contribution >= 4 is 29.2 Å². The zero-order valence-corrected chi connectivity index (χ0v) is 14.2. The first-order valence-electron chi connectivity index (χ1n) is 7.40. The van der Waals surface area contributed by atoms with E-state index in [0.29, 0.717) is 16.5 Å². The number of hydrogen-bond donors (Lipinski definition) is 1. The first-order chi connectivity index (χ1) is 11.5. The van der Waals surface area contributed by atoms with Crippen LogP contribution in [0.3, 0.4) is 0 Å². The van der Waals surface area contributed by atoms with Gasteiger partial charge in [0, 0.05) is 0 Å². The summed E-state index contributed by atoms with van der Waals surface area (Å²) >= 11 is 5.94. The van der Waals surface area contributed by atoms with Crippen molar-refractivity contribution in [3.05, 3.63) is 59.1 Å². The summed E-state index contributed by atoms with van der Waals surface area (Å²) in [6.07, 6.45) is -0.820. The second-order valence-corrected chi connectivity index (χ2v) is 5.62. The molecule has 6 heteroatoms. The lowest BCUT2D eigenvalue weighted by atomic mass is 10.2. The lowest BCUT2D eigenvalue weighted by Gasteiger charge is -2.14. The lowest BCUT2D eigenvalue weighted by Crippen LogP contribution is -2.29. The van der Waals surface area contributed by atoms with E-state index < -0.39 is 24.6 Å². The van der Waals surface area contributed by atoms with Crippen LogP contribution in [0.25, 0.3) is 0 Å². The zero-order valence-electron chi connectivity index (χ0n) is 13.4. The monoisotopic (exact) mass is 347 g/mol. The van der Waals surface area contributed by atoms with E-state index in [2.05, 4.69) is 5.32 Å². The lowest BCUT2D eigenvalue weighted by molar-refractivity contribution is -0.153. The quantitative estimate of drug-likeness (QED) is 0.811. The van der Waals surface area contributed by atoms with Crippen LogP contribution in [-0.4, -0.2) is 24.6 Å². The highest BCUT2D eigenvalue weighted by Gasteiger charge is 2.18. The van der Waals surface area contributed by atoms with Crippen molar-refractivity contribution < 1.29 is 19.1 Å². The fraction of sp³-hybridized carbons (Fsp3) is 0.222. The molecule has 0 aliphatic heterocycles. The average Bonchev–Trinajstić information content (AvgIpc) is 2.54. The minimum absolute atomic E-state index is 0.410. The Bertz CT molecular complexity index is 732. The van der Waals surface area contributed by atoms with Gasteiger partial charge < -0.3 is 14.8 Å². The van der Waals surface area contributed by atoms with Crippen molar-refractivity contribution in [3.8, 4) is 5.75 Å². The van der Waals surface area contributed by atoms with Crippen molar-refractivity contribution in [2.75, 3.05) is 11.9 Å². The molecular weight excluding hydrogens is 330 g/mol. The van der Waals surface area contributed by atoms with Crippen molar-refractivity contribution in [1.82, 2.24) is 0 Å². The second-order valence-electron chi connectivity index (χ2n) is 5.21. The molecule has 0 aliphatic carbocycles. The van der Waals surface area contributed by atoms with Crippen molar-refractivity contribution in [2.24, 2.45) is 0 Å². The molecule has 0 heterocycles. The van der Waals surface area contributed by atoms with E-state index in [0.717, 1.165) is 5.56 Å². The Morgan fingerprint density at radius 1 is 1.17 bits per heavy atom. The van der Waals surface area contributed by atoms with Gasteiger partial charge in [-0.1, -0.05) is 35.9 Å². The van der Waals surface area contributed by atoms with Crippen LogP contribution in [0, 0.1) is 6.92 Å².